The van der Waals surface area contributed by atoms with Crippen molar-refractivity contribution in [2.24, 2.45) is 11.8 Å². The number of hydrogen-bond donors (Lipinski definition) is 0. The Hall–Kier alpha value is -0.940. The van der Waals surface area contributed by atoms with Crippen molar-refractivity contribution < 1.29 is 9.47 Å². The molecule has 0 aromatic carbocycles. The molecule has 0 amide bonds. The van der Waals surface area contributed by atoms with Crippen LogP contribution in [0.4, 0.5) is 0 Å². The van der Waals surface area contributed by atoms with Gasteiger partial charge in [-0.2, -0.15) is 0 Å². The molecule has 0 bridgehead atoms. The van der Waals surface area contributed by atoms with Crippen molar-refractivity contribution in [2.45, 2.75) is 53.7 Å². The highest BCUT2D eigenvalue weighted by Crippen LogP contribution is 2.04. The van der Waals surface area contributed by atoms with Gasteiger partial charge in [0.15, 0.2) is 0 Å². The third kappa shape index (κ3) is 8.27. The molecule has 5 heteroatoms. The normalized spacial score (nSPS) is 11.7. The first-order chi connectivity index (χ1) is 9.58. The molecule has 0 spiro atoms. The zero-order chi connectivity index (χ0) is 14.8. The third-order valence-corrected chi connectivity index (χ3v) is 2.87. The standard InChI is InChI=1S/C15H29N3O2/c1-13(2)6-5-7-19-8-9-20-12-18-11-15(16-17-18)10-14(3)4/h11,13-14H,5-10,12H2,1-4H3. The highest BCUT2D eigenvalue weighted by molar-refractivity contribution is 4.92. The Bertz CT molecular complexity index is 351. The molecule has 0 aliphatic carbocycles. The average Bonchev–Trinajstić information content (AvgIpc) is 2.79. The summed E-state index contributed by atoms with van der Waals surface area (Å²) in [4.78, 5) is 0. The minimum atomic E-state index is 0.445. The van der Waals surface area contributed by atoms with Crippen LogP contribution in [0, 0.1) is 11.8 Å². The number of nitrogens with zero attached hydrogens (tertiary/aromatic N) is 3. The van der Waals surface area contributed by atoms with Gasteiger partial charge in [-0.3, -0.25) is 0 Å². The lowest BCUT2D eigenvalue weighted by Crippen LogP contribution is -2.09. The molecular formula is C15H29N3O2. The first-order valence-electron chi connectivity index (χ1n) is 7.62. The SMILES string of the molecule is CC(C)CCCOCCOCn1cc(CC(C)C)nn1. The molecule has 116 valence electrons. The maximum Gasteiger partial charge on any atom is 0.141 e. The summed E-state index contributed by atoms with van der Waals surface area (Å²) in [6.45, 7) is 11.3. The Morgan fingerprint density at radius 2 is 1.80 bits per heavy atom. The summed E-state index contributed by atoms with van der Waals surface area (Å²) in [5.41, 5.74) is 1.02. The van der Waals surface area contributed by atoms with Crippen LogP contribution in [-0.2, 0) is 22.6 Å². The van der Waals surface area contributed by atoms with Gasteiger partial charge in [0.1, 0.15) is 6.73 Å². The van der Waals surface area contributed by atoms with Crippen LogP contribution in [0.15, 0.2) is 6.20 Å². The van der Waals surface area contributed by atoms with Gasteiger partial charge in [0.2, 0.25) is 0 Å². The van der Waals surface area contributed by atoms with Gasteiger partial charge in [0, 0.05) is 6.61 Å². The van der Waals surface area contributed by atoms with E-state index in [9.17, 15) is 0 Å². The molecule has 1 rings (SSSR count). The molecule has 0 fully saturated rings. The van der Waals surface area contributed by atoms with Crippen molar-refractivity contribution in [1.29, 1.82) is 0 Å². The van der Waals surface area contributed by atoms with Crippen LogP contribution >= 0.6 is 0 Å². The lowest BCUT2D eigenvalue weighted by Gasteiger charge is -2.06. The zero-order valence-corrected chi connectivity index (χ0v) is 13.3. The molecule has 5 nitrogen and oxygen atoms in total. The molecule has 1 aromatic heterocycles. The zero-order valence-electron chi connectivity index (χ0n) is 13.3. The molecule has 0 atom stereocenters. The highest BCUT2D eigenvalue weighted by Gasteiger charge is 2.03. The lowest BCUT2D eigenvalue weighted by molar-refractivity contribution is 0.0127. The second-order valence-electron chi connectivity index (χ2n) is 6.03. The summed E-state index contributed by atoms with van der Waals surface area (Å²) in [6, 6.07) is 0. The summed E-state index contributed by atoms with van der Waals surface area (Å²) >= 11 is 0. The van der Waals surface area contributed by atoms with Gasteiger partial charge in [0.05, 0.1) is 25.1 Å². The van der Waals surface area contributed by atoms with Gasteiger partial charge in [0.25, 0.3) is 0 Å². The first kappa shape index (κ1) is 17.1. The fourth-order valence-electron chi connectivity index (χ4n) is 1.89. The quantitative estimate of drug-likeness (QED) is 0.586. The van der Waals surface area contributed by atoms with Crippen LogP contribution in [0.25, 0.3) is 0 Å². The fourth-order valence-corrected chi connectivity index (χ4v) is 1.89. The van der Waals surface area contributed by atoms with Crippen LogP contribution in [-0.4, -0.2) is 34.8 Å². The molecule has 0 saturated carbocycles. The Morgan fingerprint density at radius 1 is 1.05 bits per heavy atom. The number of rotatable bonds is 11. The van der Waals surface area contributed by atoms with Gasteiger partial charge in [-0.1, -0.05) is 32.9 Å². The molecule has 0 radical (unpaired) electrons. The molecule has 20 heavy (non-hydrogen) atoms. The largest absolute Gasteiger partial charge is 0.379 e. The van der Waals surface area contributed by atoms with E-state index in [0.717, 1.165) is 31.1 Å². The van der Waals surface area contributed by atoms with E-state index < -0.39 is 0 Å². The molecule has 0 N–H and O–H groups in total. The summed E-state index contributed by atoms with van der Waals surface area (Å²) in [5.74, 6) is 1.35. The lowest BCUT2D eigenvalue weighted by atomic mass is 10.1. The fraction of sp³-hybridized carbons (Fsp3) is 0.867. The smallest absolute Gasteiger partial charge is 0.141 e. The van der Waals surface area contributed by atoms with E-state index >= 15 is 0 Å². The van der Waals surface area contributed by atoms with E-state index in [1.165, 1.54) is 6.42 Å². The Balaban J connectivity index is 1.99. The molecule has 0 unspecified atom stereocenters. The molecule has 0 saturated heterocycles. The van der Waals surface area contributed by atoms with Crippen molar-refractivity contribution in [3.05, 3.63) is 11.9 Å². The minimum absolute atomic E-state index is 0.445. The summed E-state index contributed by atoms with van der Waals surface area (Å²) < 4.78 is 12.7. The van der Waals surface area contributed by atoms with Gasteiger partial charge in [-0.05, 0) is 31.1 Å². The number of ether oxygens (including phenoxy) is 2. The molecule has 0 aliphatic heterocycles. The Morgan fingerprint density at radius 3 is 2.50 bits per heavy atom. The predicted molar refractivity (Wildman–Crippen MR) is 79.4 cm³/mol. The van der Waals surface area contributed by atoms with Gasteiger partial charge in [-0.15, -0.1) is 5.10 Å². The topological polar surface area (TPSA) is 49.2 Å². The summed E-state index contributed by atoms with van der Waals surface area (Å²) in [7, 11) is 0. The number of aromatic nitrogens is 3. The Labute approximate surface area is 122 Å². The van der Waals surface area contributed by atoms with E-state index in [4.69, 9.17) is 9.47 Å². The van der Waals surface area contributed by atoms with Crippen molar-refractivity contribution >= 4 is 0 Å². The maximum atomic E-state index is 5.51. The Kier molecular flexibility index (Phi) is 8.46. The van der Waals surface area contributed by atoms with Crippen LogP contribution in [0.2, 0.25) is 0 Å². The molecule has 0 aliphatic rings. The number of hydrogen-bond acceptors (Lipinski definition) is 4. The highest BCUT2D eigenvalue weighted by atomic mass is 16.5. The van der Waals surface area contributed by atoms with Crippen LogP contribution in [0.1, 0.15) is 46.2 Å². The van der Waals surface area contributed by atoms with E-state index in [-0.39, 0.29) is 0 Å². The molecule has 1 heterocycles. The van der Waals surface area contributed by atoms with Crippen LogP contribution in [0.5, 0.6) is 0 Å². The van der Waals surface area contributed by atoms with Gasteiger partial charge < -0.3 is 9.47 Å². The van der Waals surface area contributed by atoms with E-state index in [1.54, 1.807) is 4.68 Å². The minimum Gasteiger partial charge on any atom is -0.379 e. The van der Waals surface area contributed by atoms with Gasteiger partial charge in [-0.25, -0.2) is 4.68 Å². The average molecular weight is 283 g/mol. The maximum absolute atomic E-state index is 5.51. The third-order valence-electron chi connectivity index (χ3n) is 2.87. The molecule has 1 aromatic rings. The second kappa shape index (κ2) is 9.88. The van der Waals surface area contributed by atoms with Crippen molar-refractivity contribution in [3.63, 3.8) is 0 Å². The molecular weight excluding hydrogens is 254 g/mol. The summed E-state index contributed by atoms with van der Waals surface area (Å²) in [6.07, 6.45) is 5.25. The van der Waals surface area contributed by atoms with Crippen LogP contribution in [0.3, 0.4) is 0 Å². The van der Waals surface area contributed by atoms with Crippen LogP contribution < -0.4 is 0 Å². The first-order valence-corrected chi connectivity index (χ1v) is 7.62. The van der Waals surface area contributed by atoms with E-state index in [1.807, 2.05) is 6.20 Å². The summed E-state index contributed by atoms with van der Waals surface area (Å²) in [5, 5.41) is 8.15. The van der Waals surface area contributed by atoms with Crippen molar-refractivity contribution in [3.8, 4) is 0 Å². The van der Waals surface area contributed by atoms with Crippen molar-refractivity contribution in [1.82, 2.24) is 15.0 Å². The monoisotopic (exact) mass is 283 g/mol. The van der Waals surface area contributed by atoms with E-state index in [0.29, 0.717) is 25.9 Å². The second-order valence-corrected chi connectivity index (χ2v) is 6.03. The van der Waals surface area contributed by atoms with E-state index in [2.05, 4.69) is 38.0 Å². The predicted octanol–water partition coefficient (Wildman–Crippen LogP) is 2.90. The van der Waals surface area contributed by atoms with Gasteiger partial charge >= 0.3 is 0 Å². The van der Waals surface area contributed by atoms with Crippen molar-refractivity contribution in [2.75, 3.05) is 19.8 Å².